The van der Waals surface area contributed by atoms with Crippen molar-refractivity contribution in [3.63, 3.8) is 0 Å². The van der Waals surface area contributed by atoms with Crippen LogP contribution in [-0.2, 0) is 4.79 Å². The number of amides is 1. The van der Waals surface area contributed by atoms with E-state index in [0.29, 0.717) is 24.7 Å². The number of aromatic nitrogens is 10. The Morgan fingerprint density at radius 3 is 2.67 bits per heavy atom. The summed E-state index contributed by atoms with van der Waals surface area (Å²) < 4.78 is 17.6. The lowest BCUT2D eigenvalue weighted by Crippen LogP contribution is -2.51. The van der Waals surface area contributed by atoms with Crippen molar-refractivity contribution in [2.45, 2.75) is 0 Å². The van der Waals surface area contributed by atoms with E-state index in [0.717, 1.165) is 6.20 Å². The second-order valence-corrected chi connectivity index (χ2v) is 7.94. The van der Waals surface area contributed by atoms with Crippen molar-refractivity contribution >= 4 is 28.5 Å². The number of rotatable bonds is 5. The van der Waals surface area contributed by atoms with Gasteiger partial charge in [-0.05, 0) is 22.6 Å². The number of anilines is 1. The fourth-order valence-electron chi connectivity index (χ4n) is 4.16. The van der Waals surface area contributed by atoms with E-state index >= 15 is 0 Å². The van der Waals surface area contributed by atoms with Crippen molar-refractivity contribution in [3.05, 3.63) is 60.7 Å². The molecular formula is C21H17FN12O2. The standard InChI is InChI=1S/C21H17FN12O2/c22-15-12-25-19(33-5-4-26-29-33)17-16(15)14(11-24-17)18(35)20(36)31-6-8-32(9-7-31)21-27-28-30-34(21)13-2-1-3-23-10-13/h1-5,10-12,24H,6-9H2. The summed E-state index contributed by atoms with van der Waals surface area (Å²) in [6, 6.07) is 3.61. The molecule has 1 saturated heterocycles. The van der Waals surface area contributed by atoms with Crippen molar-refractivity contribution < 1.29 is 14.0 Å². The molecule has 0 radical (unpaired) electrons. The number of H-pyrrole nitrogens is 1. The number of pyridine rings is 2. The largest absolute Gasteiger partial charge is 0.357 e. The van der Waals surface area contributed by atoms with E-state index in [4.69, 9.17) is 0 Å². The Morgan fingerprint density at radius 1 is 1.06 bits per heavy atom. The molecule has 6 rings (SSSR count). The van der Waals surface area contributed by atoms with Gasteiger partial charge < -0.3 is 14.8 Å². The molecule has 1 N–H and O–H groups in total. The summed E-state index contributed by atoms with van der Waals surface area (Å²) in [5.74, 6) is -1.49. The first kappa shape index (κ1) is 21.5. The van der Waals surface area contributed by atoms with Gasteiger partial charge >= 0.3 is 0 Å². The molecule has 36 heavy (non-hydrogen) atoms. The van der Waals surface area contributed by atoms with Gasteiger partial charge in [0.2, 0.25) is 0 Å². The van der Waals surface area contributed by atoms with Crippen LogP contribution >= 0.6 is 0 Å². The highest BCUT2D eigenvalue weighted by atomic mass is 19.1. The summed E-state index contributed by atoms with van der Waals surface area (Å²) in [6.45, 7) is 1.34. The zero-order chi connectivity index (χ0) is 24.6. The Balaban J connectivity index is 1.21. The van der Waals surface area contributed by atoms with Crippen LogP contribution in [-0.4, -0.2) is 92.9 Å². The maximum absolute atomic E-state index is 14.7. The second-order valence-electron chi connectivity index (χ2n) is 7.94. The Bertz CT molecular complexity index is 1550. The summed E-state index contributed by atoms with van der Waals surface area (Å²) >= 11 is 0. The minimum atomic E-state index is -0.815. The normalized spacial score (nSPS) is 13.9. The van der Waals surface area contributed by atoms with Crippen molar-refractivity contribution in [3.8, 4) is 11.5 Å². The average Bonchev–Trinajstić information content (AvgIpc) is 3.70. The number of carbonyl (C=O) groups excluding carboxylic acids is 2. The van der Waals surface area contributed by atoms with E-state index in [1.165, 1.54) is 28.2 Å². The fourth-order valence-corrected chi connectivity index (χ4v) is 4.16. The number of hydrogen-bond donors (Lipinski definition) is 1. The fraction of sp³-hybridized carbons (Fsp3) is 0.190. The third kappa shape index (κ3) is 3.53. The molecule has 1 aliphatic rings. The van der Waals surface area contributed by atoms with Crippen molar-refractivity contribution in [2.24, 2.45) is 0 Å². The van der Waals surface area contributed by atoms with Gasteiger partial charge in [0.25, 0.3) is 17.6 Å². The van der Waals surface area contributed by atoms with E-state index in [1.807, 2.05) is 11.0 Å². The molecule has 180 valence electrons. The minimum absolute atomic E-state index is 0.0249. The molecule has 0 bridgehead atoms. The van der Waals surface area contributed by atoms with Gasteiger partial charge in [-0.2, -0.15) is 4.68 Å². The zero-order valence-electron chi connectivity index (χ0n) is 18.6. The molecule has 0 atom stereocenters. The molecule has 15 heteroatoms. The first-order valence-corrected chi connectivity index (χ1v) is 10.9. The van der Waals surface area contributed by atoms with Gasteiger partial charge in [-0.3, -0.25) is 14.6 Å². The van der Waals surface area contributed by atoms with Crippen LogP contribution in [0.4, 0.5) is 10.3 Å². The number of fused-ring (bicyclic) bond motifs is 1. The summed E-state index contributed by atoms with van der Waals surface area (Å²) in [4.78, 5) is 40.5. The number of nitrogens with zero attached hydrogens (tertiary/aromatic N) is 11. The second kappa shape index (κ2) is 8.61. The summed E-state index contributed by atoms with van der Waals surface area (Å²) in [7, 11) is 0. The smallest absolute Gasteiger partial charge is 0.295 e. The lowest BCUT2D eigenvalue weighted by atomic mass is 10.1. The molecular weight excluding hydrogens is 471 g/mol. The highest BCUT2D eigenvalue weighted by molar-refractivity contribution is 6.45. The van der Waals surface area contributed by atoms with E-state index in [1.54, 1.807) is 23.1 Å². The Labute approximate surface area is 201 Å². The minimum Gasteiger partial charge on any atom is -0.357 e. The summed E-state index contributed by atoms with van der Waals surface area (Å²) in [6.07, 6.45) is 8.58. The number of ketones is 1. The highest BCUT2D eigenvalue weighted by Gasteiger charge is 2.31. The Hall–Kier alpha value is -5.08. The Kier molecular flexibility index (Phi) is 5.13. The molecule has 0 unspecified atom stereocenters. The lowest BCUT2D eigenvalue weighted by Gasteiger charge is -2.34. The molecule has 1 aliphatic heterocycles. The molecule has 0 saturated carbocycles. The van der Waals surface area contributed by atoms with Gasteiger partial charge in [0.05, 0.1) is 46.9 Å². The van der Waals surface area contributed by atoms with Gasteiger partial charge in [0.1, 0.15) is 0 Å². The maximum Gasteiger partial charge on any atom is 0.295 e. The van der Waals surface area contributed by atoms with Crippen LogP contribution in [0.3, 0.4) is 0 Å². The molecule has 6 heterocycles. The number of piperazine rings is 1. The van der Waals surface area contributed by atoms with Crippen molar-refractivity contribution in [1.29, 1.82) is 0 Å². The van der Waals surface area contributed by atoms with Crippen LogP contribution in [0, 0.1) is 5.82 Å². The van der Waals surface area contributed by atoms with Gasteiger partial charge in [-0.1, -0.05) is 10.3 Å². The van der Waals surface area contributed by atoms with E-state index in [2.05, 4.69) is 40.8 Å². The van der Waals surface area contributed by atoms with E-state index < -0.39 is 17.5 Å². The third-order valence-corrected chi connectivity index (χ3v) is 5.91. The van der Waals surface area contributed by atoms with Crippen LogP contribution in [0.15, 0.2) is 49.3 Å². The number of hydrogen-bond acceptors (Lipinski definition) is 10. The molecule has 0 aromatic carbocycles. The molecule has 0 spiro atoms. The number of Topliss-reactive ketones (excluding diaryl/α,β-unsaturated/α-hetero) is 1. The number of carbonyl (C=O) groups is 2. The topological polar surface area (TPSA) is 156 Å². The van der Waals surface area contributed by atoms with Crippen LogP contribution in [0.5, 0.6) is 0 Å². The predicted molar refractivity (Wildman–Crippen MR) is 121 cm³/mol. The molecule has 14 nitrogen and oxygen atoms in total. The van der Waals surface area contributed by atoms with Gasteiger partial charge in [-0.25, -0.2) is 14.1 Å². The van der Waals surface area contributed by atoms with E-state index in [9.17, 15) is 14.0 Å². The predicted octanol–water partition coefficient (Wildman–Crippen LogP) is 0.185. The first-order chi connectivity index (χ1) is 17.6. The third-order valence-electron chi connectivity index (χ3n) is 5.91. The van der Waals surface area contributed by atoms with Crippen LogP contribution in [0.25, 0.3) is 22.4 Å². The van der Waals surface area contributed by atoms with Crippen LogP contribution in [0.1, 0.15) is 10.4 Å². The molecule has 5 aromatic heterocycles. The van der Waals surface area contributed by atoms with E-state index in [-0.39, 0.29) is 35.4 Å². The molecule has 5 aromatic rings. The van der Waals surface area contributed by atoms with Gasteiger partial charge in [0.15, 0.2) is 11.6 Å². The monoisotopic (exact) mass is 488 g/mol. The van der Waals surface area contributed by atoms with Crippen LogP contribution < -0.4 is 4.90 Å². The number of aromatic amines is 1. The molecule has 0 aliphatic carbocycles. The molecule has 1 amide bonds. The molecule has 1 fully saturated rings. The SMILES string of the molecule is O=C(C(=O)N1CCN(c2nnnn2-c2cccnc2)CC1)c1c[nH]c2c(-n3ccnn3)ncc(F)c12. The number of halogens is 1. The van der Waals surface area contributed by atoms with Crippen molar-refractivity contribution in [2.75, 3.05) is 31.1 Å². The number of tetrazole rings is 1. The first-order valence-electron chi connectivity index (χ1n) is 10.9. The summed E-state index contributed by atoms with van der Waals surface area (Å²) in [5, 5.41) is 19.4. The zero-order valence-corrected chi connectivity index (χ0v) is 18.6. The quantitative estimate of drug-likeness (QED) is 0.267. The Morgan fingerprint density at radius 2 is 1.92 bits per heavy atom. The van der Waals surface area contributed by atoms with Crippen LogP contribution in [0.2, 0.25) is 0 Å². The number of nitrogens with one attached hydrogen (secondary N) is 1. The van der Waals surface area contributed by atoms with Gasteiger partial charge in [0, 0.05) is 38.6 Å². The highest BCUT2D eigenvalue weighted by Crippen LogP contribution is 2.26. The summed E-state index contributed by atoms with van der Waals surface area (Å²) in [5.41, 5.74) is 0.871. The van der Waals surface area contributed by atoms with Gasteiger partial charge in [-0.15, -0.1) is 5.10 Å². The lowest BCUT2D eigenvalue weighted by molar-refractivity contribution is -0.126. The maximum atomic E-state index is 14.7. The van der Waals surface area contributed by atoms with Crippen molar-refractivity contribution in [1.82, 2.24) is 55.1 Å². The average molecular weight is 488 g/mol.